The summed E-state index contributed by atoms with van der Waals surface area (Å²) < 4.78 is 11.7. The first-order valence-electron chi connectivity index (χ1n) is 10.2. The number of phenolic OH excluding ortho intramolecular Hbond substituents is 1. The zero-order chi connectivity index (χ0) is 20.9. The molecular weight excluding hydrogens is 388 g/mol. The summed E-state index contributed by atoms with van der Waals surface area (Å²) in [6, 6.07) is 24.7. The van der Waals surface area contributed by atoms with E-state index in [1.54, 1.807) is 18.2 Å². The van der Waals surface area contributed by atoms with Crippen LogP contribution in [0.5, 0.6) is 17.2 Å². The molecule has 0 amide bonds. The fraction of sp³-hybridized carbons (Fsp3) is 0.0741. The molecule has 150 valence electrons. The van der Waals surface area contributed by atoms with Gasteiger partial charge in [0, 0.05) is 22.8 Å². The van der Waals surface area contributed by atoms with Gasteiger partial charge in [-0.3, -0.25) is 4.79 Å². The lowest BCUT2D eigenvalue weighted by molar-refractivity contribution is 0.103. The average Bonchev–Trinajstić information content (AvgIpc) is 2.82. The standard InChI is InChI=1S/C27H18O4/c28-24-13-26-22(20-8-4-2-6-18(20)15-31-26)12-23(24)27(29)16-9-10-21-19-7-3-1-5-17(19)14-30-25(21)11-16/h1-13,28H,14-15H2. The molecule has 0 unspecified atom stereocenters. The van der Waals surface area contributed by atoms with Crippen molar-refractivity contribution in [3.05, 3.63) is 101 Å². The monoisotopic (exact) mass is 406 g/mol. The number of ether oxygens (including phenoxy) is 2. The lowest BCUT2D eigenvalue weighted by Crippen LogP contribution is -2.09. The molecule has 31 heavy (non-hydrogen) atoms. The molecule has 0 fully saturated rings. The second-order valence-corrected chi connectivity index (χ2v) is 7.80. The van der Waals surface area contributed by atoms with E-state index >= 15 is 0 Å². The van der Waals surface area contributed by atoms with E-state index < -0.39 is 0 Å². The van der Waals surface area contributed by atoms with Crippen LogP contribution in [0.2, 0.25) is 0 Å². The van der Waals surface area contributed by atoms with Gasteiger partial charge in [-0.05, 0) is 40.5 Å². The van der Waals surface area contributed by atoms with Crippen molar-refractivity contribution in [2.45, 2.75) is 13.2 Å². The Bertz CT molecular complexity index is 1370. The molecule has 4 heteroatoms. The Hall–Kier alpha value is -4.05. The van der Waals surface area contributed by atoms with Gasteiger partial charge in [-0.15, -0.1) is 0 Å². The van der Waals surface area contributed by atoms with Gasteiger partial charge in [-0.2, -0.15) is 0 Å². The number of ketones is 1. The summed E-state index contributed by atoms with van der Waals surface area (Å²) in [5.74, 6) is 0.912. The Morgan fingerprint density at radius 1 is 0.677 bits per heavy atom. The van der Waals surface area contributed by atoms with Crippen LogP contribution in [0.15, 0.2) is 78.9 Å². The first-order chi connectivity index (χ1) is 15.2. The predicted octanol–water partition coefficient (Wildman–Crippen LogP) is 5.74. The second kappa shape index (κ2) is 6.74. The van der Waals surface area contributed by atoms with Crippen LogP contribution in [0.25, 0.3) is 22.3 Å². The minimum Gasteiger partial charge on any atom is -0.507 e. The van der Waals surface area contributed by atoms with Gasteiger partial charge in [-0.1, -0.05) is 54.6 Å². The van der Waals surface area contributed by atoms with Crippen LogP contribution in [0.1, 0.15) is 27.0 Å². The van der Waals surface area contributed by atoms with Crippen LogP contribution in [-0.4, -0.2) is 10.9 Å². The smallest absolute Gasteiger partial charge is 0.196 e. The van der Waals surface area contributed by atoms with Crippen molar-refractivity contribution in [2.75, 3.05) is 0 Å². The highest BCUT2D eigenvalue weighted by molar-refractivity contribution is 6.12. The fourth-order valence-corrected chi connectivity index (χ4v) is 4.37. The zero-order valence-corrected chi connectivity index (χ0v) is 16.6. The van der Waals surface area contributed by atoms with Crippen molar-refractivity contribution in [3.63, 3.8) is 0 Å². The van der Waals surface area contributed by atoms with E-state index in [2.05, 4.69) is 6.07 Å². The molecule has 4 nitrogen and oxygen atoms in total. The normalized spacial score (nSPS) is 13.0. The maximum absolute atomic E-state index is 13.3. The molecule has 0 bridgehead atoms. The molecule has 6 rings (SSSR count). The third-order valence-corrected chi connectivity index (χ3v) is 5.97. The summed E-state index contributed by atoms with van der Waals surface area (Å²) in [7, 11) is 0. The summed E-state index contributed by atoms with van der Waals surface area (Å²) in [6.45, 7) is 0.915. The Morgan fingerprint density at radius 2 is 1.29 bits per heavy atom. The SMILES string of the molecule is O=C(c1ccc2c(c1)OCc1ccccc1-2)c1cc2c(cc1O)OCc1ccccc1-2. The van der Waals surface area contributed by atoms with E-state index in [1.807, 2.05) is 48.5 Å². The molecule has 2 aliphatic rings. The first kappa shape index (κ1) is 17.8. The Morgan fingerprint density at radius 3 is 2.00 bits per heavy atom. The largest absolute Gasteiger partial charge is 0.507 e. The molecule has 1 N–H and O–H groups in total. The van der Waals surface area contributed by atoms with Crippen molar-refractivity contribution in [1.29, 1.82) is 0 Å². The molecule has 0 spiro atoms. The van der Waals surface area contributed by atoms with Crippen LogP contribution < -0.4 is 9.47 Å². The van der Waals surface area contributed by atoms with Gasteiger partial charge in [0.05, 0.1) is 5.56 Å². The maximum Gasteiger partial charge on any atom is 0.196 e. The van der Waals surface area contributed by atoms with Crippen molar-refractivity contribution >= 4 is 5.78 Å². The van der Waals surface area contributed by atoms with E-state index in [1.165, 1.54) is 6.07 Å². The van der Waals surface area contributed by atoms with Crippen LogP contribution in [0.4, 0.5) is 0 Å². The lowest BCUT2D eigenvalue weighted by atomic mass is 9.91. The molecule has 2 aliphatic heterocycles. The molecule has 0 saturated heterocycles. The van der Waals surface area contributed by atoms with Crippen molar-refractivity contribution in [3.8, 4) is 39.5 Å². The van der Waals surface area contributed by atoms with Gasteiger partial charge >= 0.3 is 0 Å². The van der Waals surface area contributed by atoms with Crippen molar-refractivity contribution in [1.82, 2.24) is 0 Å². The molecule has 4 aromatic carbocycles. The number of aromatic hydroxyl groups is 1. The quantitative estimate of drug-likeness (QED) is 0.431. The Balaban J connectivity index is 1.42. The minimum atomic E-state index is -0.256. The van der Waals surface area contributed by atoms with Gasteiger partial charge in [-0.25, -0.2) is 0 Å². The number of fused-ring (bicyclic) bond motifs is 6. The summed E-state index contributed by atoms with van der Waals surface area (Å²) in [6.07, 6.45) is 0. The van der Waals surface area contributed by atoms with E-state index in [0.29, 0.717) is 30.3 Å². The first-order valence-corrected chi connectivity index (χ1v) is 10.2. The van der Waals surface area contributed by atoms with E-state index in [4.69, 9.17) is 9.47 Å². The number of benzene rings is 4. The topological polar surface area (TPSA) is 55.8 Å². The minimum absolute atomic E-state index is 0.0906. The highest BCUT2D eigenvalue weighted by Gasteiger charge is 2.24. The van der Waals surface area contributed by atoms with Gasteiger partial charge < -0.3 is 14.6 Å². The number of carbonyl (C=O) groups excluding carboxylic acids is 1. The molecule has 0 atom stereocenters. The van der Waals surface area contributed by atoms with Crippen LogP contribution >= 0.6 is 0 Å². The highest BCUT2D eigenvalue weighted by atomic mass is 16.5. The molecule has 0 radical (unpaired) electrons. The van der Waals surface area contributed by atoms with E-state index in [0.717, 1.165) is 33.4 Å². The fourth-order valence-electron chi connectivity index (χ4n) is 4.37. The van der Waals surface area contributed by atoms with Gasteiger partial charge in [0.15, 0.2) is 5.78 Å². The zero-order valence-electron chi connectivity index (χ0n) is 16.6. The number of rotatable bonds is 2. The maximum atomic E-state index is 13.3. The third kappa shape index (κ3) is 2.80. The van der Waals surface area contributed by atoms with E-state index in [-0.39, 0.29) is 17.1 Å². The van der Waals surface area contributed by atoms with E-state index in [9.17, 15) is 9.90 Å². The second-order valence-electron chi connectivity index (χ2n) is 7.80. The summed E-state index contributed by atoms with van der Waals surface area (Å²) in [4.78, 5) is 13.3. The molecule has 4 aromatic rings. The molecule has 0 aliphatic carbocycles. The summed E-state index contributed by atoms with van der Waals surface area (Å²) in [5.41, 5.74) is 6.81. The number of carbonyl (C=O) groups is 1. The molecule has 0 aromatic heterocycles. The van der Waals surface area contributed by atoms with Crippen molar-refractivity contribution < 1.29 is 19.4 Å². The Kier molecular flexibility index (Phi) is 3.87. The van der Waals surface area contributed by atoms with Gasteiger partial charge in [0.25, 0.3) is 0 Å². The number of hydrogen-bond acceptors (Lipinski definition) is 4. The average molecular weight is 406 g/mol. The number of phenols is 1. The molecule has 2 heterocycles. The molecular formula is C27H18O4. The highest BCUT2D eigenvalue weighted by Crippen LogP contribution is 2.42. The molecule has 0 saturated carbocycles. The van der Waals surface area contributed by atoms with Gasteiger partial charge in [0.2, 0.25) is 0 Å². The third-order valence-electron chi connectivity index (χ3n) is 5.97. The van der Waals surface area contributed by atoms with Crippen LogP contribution in [0.3, 0.4) is 0 Å². The Labute approximate surface area is 179 Å². The predicted molar refractivity (Wildman–Crippen MR) is 118 cm³/mol. The van der Waals surface area contributed by atoms with Crippen molar-refractivity contribution in [2.24, 2.45) is 0 Å². The van der Waals surface area contributed by atoms with Gasteiger partial charge in [0.1, 0.15) is 30.5 Å². The van der Waals surface area contributed by atoms with Crippen LogP contribution in [-0.2, 0) is 13.2 Å². The summed E-state index contributed by atoms with van der Waals surface area (Å²) in [5, 5.41) is 10.6. The van der Waals surface area contributed by atoms with Crippen LogP contribution in [0, 0.1) is 0 Å². The lowest BCUT2D eigenvalue weighted by Gasteiger charge is -2.22. The summed E-state index contributed by atoms with van der Waals surface area (Å²) >= 11 is 0. The number of hydrogen-bond donors (Lipinski definition) is 1.